The maximum atomic E-state index is 14.0. The second-order valence-corrected chi connectivity index (χ2v) is 11.0. The molecular formula is C30H29N3O10. The van der Waals surface area contributed by atoms with Crippen LogP contribution in [0.1, 0.15) is 17.5 Å². The zero-order chi connectivity index (χ0) is 31.5. The molecule has 5 rings (SSSR count). The van der Waals surface area contributed by atoms with Gasteiger partial charge in [-0.2, -0.15) is 0 Å². The van der Waals surface area contributed by atoms with Crippen LogP contribution < -0.4 is 11.1 Å². The summed E-state index contributed by atoms with van der Waals surface area (Å²) in [5.41, 5.74) is 3.46. The molecule has 0 saturated heterocycles. The van der Waals surface area contributed by atoms with E-state index in [-0.39, 0.29) is 29.7 Å². The summed E-state index contributed by atoms with van der Waals surface area (Å²) >= 11 is 0. The Morgan fingerprint density at radius 1 is 1.05 bits per heavy atom. The molecular weight excluding hydrogens is 562 g/mol. The first kappa shape index (κ1) is 29.5. The van der Waals surface area contributed by atoms with Gasteiger partial charge in [-0.25, -0.2) is 4.79 Å². The van der Waals surface area contributed by atoms with Gasteiger partial charge in [-0.15, -0.1) is 0 Å². The molecule has 3 aliphatic rings. The van der Waals surface area contributed by atoms with E-state index in [9.17, 15) is 44.4 Å². The van der Waals surface area contributed by atoms with E-state index in [0.717, 1.165) is 7.11 Å². The number of carbonyl (C=O) groups excluding carboxylic acids is 5. The molecule has 7 N–H and O–H groups in total. The Labute approximate surface area is 244 Å². The van der Waals surface area contributed by atoms with E-state index < -0.39 is 69.9 Å². The van der Waals surface area contributed by atoms with E-state index in [1.165, 1.54) is 25.1 Å². The normalized spacial score (nSPS) is 24.7. The fourth-order valence-electron chi connectivity index (χ4n) is 6.52. The van der Waals surface area contributed by atoms with Gasteiger partial charge in [0.25, 0.3) is 5.91 Å². The number of methoxy groups -OCH3 is 1. The third kappa shape index (κ3) is 4.35. The highest BCUT2D eigenvalue weighted by Gasteiger charge is 2.64. The highest BCUT2D eigenvalue weighted by atomic mass is 16.5. The monoisotopic (exact) mass is 591 g/mol. The predicted octanol–water partition coefficient (Wildman–Crippen LogP) is 0.743. The molecule has 1 saturated carbocycles. The van der Waals surface area contributed by atoms with Crippen LogP contribution in [-0.4, -0.2) is 87.5 Å². The fraction of sp³-hybridized carbons (Fsp3) is 0.300. The van der Waals surface area contributed by atoms with Gasteiger partial charge in [0.05, 0.1) is 18.7 Å². The third-order valence-electron chi connectivity index (χ3n) is 8.43. The number of carbonyl (C=O) groups is 5. The number of hydrogen-bond donors (Lipinski definition) is 6. The van der Waals surface area contributed by atoms with Crippen molar-refractivity contribution in [2.45, 2.75) is 24.5 Å². The van der Waals surface area contributed by atoms with Crippen LogP contribution in [0, 0.1) is 11.8 Å². The van der Waals surface area contributed by atoms with Gasteiger partial charge in [-0.3, -0.25) is 24.1 Å². The maximum Gasteiger partial charge on any atom is 0.396 e. The number of phenolic OH excluding ortho intramolecular Hbond substituents is 1. The number of aliphatic hydroxyl groups is 3. The standard InChI is InChI=1S/C30H29N3O10/c1-33(2)22-17-11-13-10-16-15(12-4-6-14(7-5-12)32-28(40)29(41)43-3)8-9-18(34)20(16)23(35)19(13)25(37)30(17,42)26(38)21(24(22)36)27(31)39/h4-9,13,17,22,34-35,38,42H,10-11H2,1-3H3,(H2,31,39)(H,32,40)/t13-,17-,22-,30-/m0/s1. The van der Waals surface area contributed by atoms with Crippen molar-refractivity contribution in [3.05, 3.63) is 64.4 Å². The molecule has 0 heterocycles. The van der Waals surface area contributed by atoms with E-state index in [1.807, 2.05) is 0 Å². The van der Waals surface area contributed by atoms with Gasteiger partial charge in [0, 0.05) is 17.2 Å². The molecule has 224 valence electrons. The molecule has 1 fully saturated rings. The molecule has 2 amide bonds. The van der Waals surface area contributed by atoms with Crippen LogP contribution in [0.3, 0.4) is 0 Å². The van der Waals surface area contributed by atoms with Gasteiger partial charge in [-0.05, 0) is 67.7 Å². The van der Waals surface area contributed by atoms with Crippen LogP contribution in [0.2, 0.25) is 0 Å². The van der Waals surface area contributed by atoms with Crippen molar-refractivity contribution in [1.82, 2.24) is 4.90 Å². The summed E-state index contributed by atoms with van der Waals surface area (Å²) < 4.78 is 4.40. The van der Waals surface area contributed by atoms with E-state index in [2.05, 4.69) is 10.1 Å². The zero-order valence-corrected chi connectivity index (χ0v) is 23.4. The molecule has 0 unspecified atom stereocenters. The third-order valence-corrected chi connectivity index (χ3v) is 8.43. The maximum absolute atomic E-state index is 14.0. The molecule has 4 atom stereocenters. The number of esters is 1. The number of ether oxygens (including phenoxy) is 1. The number of nitrogens with two attached hydrogens (primary N) is 1. The zero-order valence-electron chi connectivity index (χ0n) is 23.4. The number of Topliss-reactive ketones (excluding diaryl/α,β-unsaturated/α-hetero) is 2. The van der Waals surface area contributed by atoms with Crippen molar-refractivity contribution in [1.29, 1.82) is 0 Å². The van der Waals surface area contributed by atoms with Gasteiger partial charge in [0.15, 0.2) is 11.4 Å². The Kier molecular flexibility index (Phi) is 7.11. The molecule has 13 heteroatoms. The number of nitrogens with zero attached hydrogens (tertiary/aromatic N) is 1. The number of rotatable bonds is 4. The molecule has 13 nitrogen and oxygen atoms in total. The largest absolute Gasteiger partial charge is 0.508 e. The number of aromatic hydroxyl groups is 1. The first-order chi connectivity index (χ1) is 20.2. The Balaban J connectivity index is 1.62. The first-order valence-electron chi connectivity index (χ1n) is 13.2. The lowest BCUT2D eigenvalue weighted by Crippen LogP contribution is -2.65. The smallest absolute Gasteiger partial charge is 0.396 e. The number of nitrogens with one attached hydrogen (secondary N) is 1. The summed E-state index contributed by atoms with van der Waals surface area (Å²) in [5, 5.41) is 47.3. The molecule has 43 heavy (non-hydrogen) atoms. The Bertz CT molecular complexity index is 1670. The Morgan fingerprint density at radius 2 is 1.70 bits per heavy atom. The molecule has 0 aliphatic heterocycles. The number of ketones is 2. The molecule has 2 aromatic carbocycles. The molecule has 0 aromatic heterocycles. The van der Waals surface area contributed by atoms with Gasteiger partial charge in [0.1, 0.15) is 22.8 Å². The second-order valence-electron chi connectivity index (χ2n) is 11.0. The van der Waals surface area contributed by atoms with Crippen LogP contribution in [0.15, 0.2) is 53.3 Å². The van der Waals surface area contributed by atoms with Crippen LogP contribution in [0.25, 0.3) is 16.9 Å². The minimum atomic E-state index is -2.72. The fourth-order valence-corrected chi connectivity index (χ4v) is 6.52. The van der Waals surface area contributed by atoms with E-state index in [0.29, 0.717) is 22.4 Å². The quantitative estimate of drug-likeness (QED) is 0.166. The van der Waals surface area contributed by atoms with Crippen LogP contribution >= 0.6 is 0 Å². The number of aliphatic hydroxyl groups excluding tert-OH is 2. The number of phenols is 1. The van der Waals surface area contributed by atoms with Crippen molar-refractivity contribution in [2.24, 2.45) is 17.6 Å². The SMILES string of the molecule is COC(=O)C(=O)Nc1ccc(-c2ccc(O)c3c2C[C@H]2C[C@H]4[C@H](N(C)C)C(=O)C(C(N)=O)=C(O)[C@@]4(O)C(=O)C2=C3O)cc1. The Morgan fingerprint density at radius 3 is 2.28 bits per heavy atom. The summed E-state index contributed by atoms with van der Waals surface area (Å²) in [6.45, 7) is 0. The van der Waals surface area contributed by atoms with E-state index in [1.54, 1.807) is 30.3 Å². The number of amides is 2. The van der Waals surface area contributed by atoms with Crippen LogP contribution in [-0.2, 0) is 35.1 Å². The van der Waals surface area contributed by atoms with Crippen LogP contribution in [0.4, 0.5) is 5.69 Å². The molecule has 3 aliphatic carbocycles. The summed E-state index contributed by atoms with van der Waals surface area (Å²) in [6, 6.07) is 8.15. The minimum Gasteiger partial charge on any atom is -0.508 e. The first-order valence-corrected chi connectivity index (χ1v) is 13.2. The highest BCUT2D eigenvalue weighted by Crippen LogP contribution is 2.53. The van der Waals surface area contributed by atoms with Crippen molar-refractivity contribution < 1.29 is 49.1 Å². The van der Waals surface area contributed by atoms with Gasteiger partial charge >= 0.3 is 11.9 Å². The van der Waals surface area contributed by atoms with Crippen molar-refractivity contribution >= 4 is 40.8 Å². The molecule has 2 aromatic rings. The topological polar surface area (TPSA) is 217 Å². The average Bonchev–Trinajstić information content (AvgIpc) is 2.94. The minimum absolute atomic E-state index is 0.0423. The molecule has 0 radical (unpaired) electrons. The lowest BCUT2D eigenvalue weighted by molar-refractivity contribution is -0.153. The average molecular weight is 592 g/mol. The summed E-state index contributed by atoms with van der Waals surface area (Å²) in [5.74, 6) is -9.26. The lowest BCUT2D eigenvalue weighted by atomic mass is 9.57. The van der Waals surface area contributed by atoms with Crippen molar-refractivity contribution in [3.8, 4) is 16.9 Å². The van der Waals surface area contributed by atoms with Gasteiger partial charge < -0.3 is 36.2 Å². The highest BCUT2D eigenvalue weighted by molar-refractivity contribution is 6.37. The van der Waals surface area contributed by atoms with Gasteiger partial charge in [0.2, 0.25) is 5.78 Å². The summed E-state index contributed by atoms with van der Waals surface area (Å²) in [6.07, 6.45) is 0.0679. The number of primary amides is 1. The summed E-state index contributed by atoms with van der Waals surface area (Å²) in [4.78, 5) is 64.0. The van der Waals surface area contributed by atoms with Crippen LogP contribution in [0.5, 0.6) is 5.75 Å². The molecule has 0 spiro atoms. The van der Waals surface area contributed by atoms with E-state index >= 15 is 0 Å². The Hall–Kier alpha value is -5.01. The number of likely N-dealkylation sites (N-methyl/N-ethyl adjacent to an activating group) is 1. The number of anilines is 1. The van der Waals surface area contributed by atoms with Crippen molar-refractivity contribution in [2.75, 3.05) is 26.5 Å². The number of fused-ring (bicyclic) bond motifs is 3. The lowest BCUT2D eigenvalue weighted by Gasteiger charge is -2.50. The van der Waals surface area contributed by atoms with Gasteiger partial charge in [-0.1, -0.05) is 18.2 Å². The second kappa shape index (κ2) is 10.4. The molecule has 0 bridgehead atoms. The van der Waals surface area contributed by atoms with E-state index in [4.69, 9.17) is 5.73 Å². The number of hydrogen-bond acceptors (Lipinski definition) is 11. The summed E-state index contributed by atoms with van der Waals surface area (Å²) in [7, 11) is 4.14. The van der Waals surface area contributed by atoms with Crippen molar-refractivity contribution in [3.63, 3.8) is 0 Å². The number of benzene rings is 2. The predicted molar refractivity (Wildman–Crippen MR) is 150 cm³/mol.